The summed E-state index contributed by atoms with van der Waals surface area (Å²) >= 11 is 0. The number of benzene rings is 1. The Bertz CT molecular complexity index is 338. The second-order valence-electron chi connectivity index (χ2n) is 3.84. The number of likely N-dealkylation sites (N-methyl/N-ethyl adjacent to an activating group) is 1. The average molecular weight is 201 g/mol. The van der Waals surface area contributed by atoms with Gasteiger partial charge in [0, 0.05) is 6.04 Å². The van der Waals surface area contributed by atoms with Crippen LogP contribution in [-0.4, -0.2) is 13.1 Å². The molecule has 0 aromatic heterocycles. The number of hydrogen-bond donors (Lipinski definition) is 1. The first-order valence-corrected chi connectivity index (χ1v) is 5.21. The van der Waals surface area contributed by atoms with E-state index < -0.39 is 0 Å². The maximum absolute atomic E-state index is 4.06. The number of nitrogens with one attached hydrogen (secondary N) is 1. The summed E-state index contributed by atoms with van der Waals surface area (Å²) in [5, 5.41) is 3.27. The molecule has 0 spiro atoms. The quantitative estimate of drug-likeness (QED) is 0.722. The molecule has 0 aliphatic rings. The highest BCUT2D eigenvalue weighted by Crippen LogP contribution is 2.14. The zero-order chi connectivity index (χ0) is 11.3. The first-order valence-electron chi connectivity index (χ1n) is 5.21. The molecule has 0 radical (unpaired) electrons. The van der Waals surface area contributed by atoms with Gasteiger partial charge in [-0.05, 0) is 31.5 Å². The maximum atomic E-state index is 4.06. The molecule has 0 bridgehead atoms. The summed E-state index contributed by atoms with van der Waals surface area (Å²) in [6.07, 6.45) is 0.961. The predicted molar refractivity (Wildman–Crippen MR) is 66.9 cm³/mol. The Morgan fingerprint density at radius 1 is 1.27 bits per heavy atom. The maximum Gasteiger partial charge on any atom is 0.0354 e. The van der Waals surface area contributed by atoms with E-state index >= 15 is 0 Å². The molecule has 0 aliphatic heterocycles. The SMILES string of the molecule is C=C(C)C(=C)C(Cc1ccccc1)NC. The molecule has 0 heterocycles. The molecule has 80 valence electrons. The van der Waals surface area contributed by atoms with Crippen molar-refractivity contribution in [1.82, 2.24) is 5.32 Å². The molecule has 0 saturated heterocycles. The summed E-state index contributed by atoms with van der Waals surface area (Å²) in [5.74, 6) is 0. The zero-order valence-corrected chi connectivity index (χ0v) is 9.59. The molecule has 1 aromatic rings. The Morgan fingerprint density at radius 3 is 2.33 bits per heavy atom. The van der Waals surface area contributed by atoms with Crippen LogP contribution < -0.4 is 5.32 Å². The summed E-state index contributed by atoms with van der Waals surface area (Å²) in [4.78, 5) is 0. The van der Waals surface area contributed by atoms with E-state index in [9.17, 15) is 0 Å². The highest BCUT2D eigenvalue weighted by Gasteiger charge is 2.11. The highest BCUT2D eigenvalue weighted by molar-refractivity contribution is 5.30. The fourth-order valence-corrected chi connectivity index (χ4v) is 1.55. The summed E-state index contributed by atoms with van der Waals surface area (Å²) < 4.78 is 0. The molecule has 0 aliphatic carbocycles. The zero-order valence-electron chi connectivity index (χ0n) is 9.59. The van der Waals surface area contributed by atoms with Crippen LogP contribution in [0.25, 0.3) is 0 Å². The lowest BCUT2D eigenvalue weighted by molar-refractivity contribution is 0.639. The second kappa shape index (κ2) is 5.52. The van der Waals surface area contributed by atoms with Crippen molar-refractivity contribution in [3.63, 3.8) is 0 Å². The van der Waals surface area contributed by atoms with E-state index in [-0.39, 0.29) is 6.04 Å². The Labute approximate surface area is 92.5 Å². The molecule has 0 fully saturated rings. The standard InChI is InChI=1S/C14H19N/c1-11(2)12(3)14(15-4)10-13-8-6-5-7-9-13/h5-9,14-15H,1,3,10H2,2,4H3. The third-order valence-electron chi connectivity index (χ3n) is 2.60. The van der Waals surface area contributed by atoms with Gasteiger partial charge in [-0.2, -0.15) is 0 Å². The Kier molecular flexibility index (Phi) is 4.32. The third-order valence-corrected chi connectivity index (χ3v) is 2.60. The normalized spacial score (nSPS) is 12.1. The highest BCUT2D eigenvalue weighted by atomic mass is 14.9. The van der Waals surface area contributed by atoms with Gasteiger partial charge in [-0.3, -0.25) is 0 Å². The molecule has 1 atom stereocenters. The second-order valence-corrected chi connectivity index (χ2v) is 3.84. The molecule has 1 heteroatoms. The van der Waals surface area contributed by atoms with Crippen molar-refractivity contribution in [2.45, 2.75) is 19.4 Å². The van der Waals surface area contributed by atoms with Crippen LogP contribution in [0.5, 0.6) is 0 Å². The minimum absolute atomic E-state index is 0.282. The van der Waals surface area contributed by atoms with E-state index in [0.29, 0.717) is 0 Å². The van der Waals surface area contributed by atoms with Crippen molar-refractivity contribution in [2.75, 3.05) is 7.05 Å². The van der Waals surface area contributed by atoms with Crippen LogP contribution in [0, 0.1) is 0 Å². The molecule has 1 nitrogen and oxygen atoms in total. The summed E-state index contributed by atoms with van der Waals surface area (Å²) in [6.45, 7) is 9.98. The van der Waals surface area contributed by atoms with Gasteiger partial charge in [0.2, 0.25) is 0 Å². The monoisotopic (exact) mass is 201 g/mol. The lowest BCUT2D eigenvalue weighted by Gasteiger charge is -2.19. The van der Waals surface area contributed by atoms with Crippen LogP contribution in [-0.2, 0) is 6.42 Å². The first-order chi connectivity index (χ1) is 7.15. The fourth-order valence-electron chi connectivity index (χ4n) is 1.55. The van der Waals surface area contributed by atoms with Crippen LogP contribution in [0.3, 0.4) is 0 Å². The minimum Gasteiger partial charge on any atom is -0.313 e. The summed E-state index contributed by atoms with van der Waals surface area (Å²) in [5.41, 5.74) is 3.45. The molecule has 1 aromatic carbocycles. The summed E-state index contributed by atoms with van der Waals surface area (Å²) in [7, 11) is 1.96. The third kappa shape index (κ3) is 3.37. The van der Waals surface area contributed by atoms with E-state index in [0.717, 1.165) is 17.6 Å². The largest absolute Gasteiger partial charge is 0.313 e. The van der Waals surface area contributed by atoms with Gasteiger partial charge in [-0.15, -0.1) is 0 Å². The van der Waals surface area contributed by atoms with Crippen LogP contribution in [0.4, 0.5) is 0 Å². The van der Waals surface area contributed by atoms with E-state index in [1.165, 1.54) is 5.56 Å². The van der Waals surface area contributed by atoms with Gasteiger partial charge in [0.25, 0.3) is 0 Å². The molecule has 1 unspecified atom stereocenters. The van der Waals surface area contributed by atoms with Gasteiger partial charge in [0.1, 0.15) is 0 Å². The lowest BCUT2D eigenvalue weighted by Crippen LogP contribution is -2.29. The molecule has 15 heavy (non-hydrogen) atoms. The van der Waals surface area contributed by atoms with Crippen molar-refractivity contribution in [1.29, 1.82) is 0 Å². The Balaban J connectivity index is 2.70. The van der Waals surface area contributed by atoms with Crippen molar-refractivity contribution in [3.8, 4) is 0 Å². The predicted octanol–water partition coefficient (Wildman–Crippen LogP) is 2.95. The van der Waals surface area contributed by atoms with Gasteiger partial charge in [0.05, 0.1) is 0 Å². The van der Waals surface area contributed by atoms with E-state index in [4.69, 9.17) is 0 Å². The van der Waals surface area contributed by atoms with E-state index in [1.54, 1.807) is 0 Å². The molecule has 1 N–H and O–H groups in total. The number of rotatable bonds is 5. The molecular formula is C14H19N. The van der Waals surface area contributed by atoms with Gasteiger partial charge >= 0.3 is 0 Å². The van der Waals surface area contributed by atoms with Crippen molar-refractivity contribution in [3.05, 3.63) is 60.2 Å². The van der Waals surface area contributed by atoms with E-state index in [2.05, 4.69) is 42.7 Å². The topological polar surface area (TPSA) is 12.0 Å². The molecule has 1 rings (SSSR count). The van der Waals surface area contributed by atoms with Crippen LogP contribution in [0.15, 0.2) is 54.6 Å². The fraction of sp³-hybridized carbons (Fsp3) is 0.286. The van der Waals surface area contributed by atoms with Crippen LogP contribution in [0.2, 0.25) is 0 Å². The minimum atomic E-state index is 0.282. The van der Waals surface area contributed by atoms with Gasteiger partial charge in [-0.1, -0.05) is 49.1 Å². The Morgan fingerprint density at radius 2 is 1.87 bits per heavy atom. The lowest BCUT2D eigenvalue weighted by atomic mass is 9.96. The summed E-state index contributed by atoms with van der Waals surface area (Å²) in [6, 6.07) is 10.7. The van der Waals surface area contributed by atoms with Crippen molar-refractivity contribution in [2.24, 2.45) is 0 Å². The first kappa shape index (κ1) is 11.7. The Hall–Kier alpha value is -1.34. The van der Waals surface area contributed by atoms with E-state index in [1.807, 2.05) is 20.0 Å². The van der Waals surface area contributed by atoms with Crippen LogP contribution >= 0.6 is 0 Å². The van der Waals surface area contributed by atoms with Crippen molar-refractivity contribution < 1.29 is 0 Å². The van der Waals surface area contributed by atoms with Gasteiger partial charge < -0.3 is 5.32 Å². The van der Waals surface area contributed by atoms with Gasteiger partial charge in [-0.25, -0.2) is 0 Å². The smallest absolute Gasteiger partial charge is 0.0354 e. The molecule has 0 saturated carbocycles. The van der Waals surface area contributed by atoms with Crippen LogP contribution in [0.1, 0.15) is 12.5 Å². The molecule has 0 amide bonds. The van der Waals surface area contributed by atoms with Crippen molar-refractivity contribution >= 4 is 0 Å². The number of hydrogen-bond acceptors (Lipinski definition) is 1. The average Bonchev–Trinajstić information content (AvgIpc) is 2.26. The van der Waals surface area contributed by atoms with Gasteiger partial charge in [0.15, 0.2) is 0 Å². The molecular weight excluding hydrogens is 182 g/mol.